The van der Waals surface area contributed by atoms with E-state index < -0.39 is 38.2 Å². The molecular weight excluding hydrogens is 364 g/mol. The van der Waals surface area contributed by atoms with Crippen LogP contribution < -0.4 is 11.1 Å². The summed E-state index contributed by atoms with van der Waals surface area (Å²) in [6.45, 7) is 6.80. The number of hydrogen-bond donors (Lipinski definition) is 2. The van der Waals surface area contributed by atoms with Crippen molar-refractivity contribution in [3.8, 4) is 0 Å². The highest BCUT2D eigenvalue weighted by molar-refractivity contribution is 7.92. The first-order valence-corrected chi connectivity index (χ1v) is 10.2. The van der Waals surface area contributed by atoms with E-state index in [0.29, 0.717) is 5.02 Å². The molecule has 3 atom stereocenters. The van der Waals surface area contributed by atoms with Crippen molar-refractivity contribution in [2.24, 2.45) is 5.73 Å². The van der Waals surface area contributed by atoms with Crippen molar-refractivity contribution in [2.75, 3.05) is 12.3 Å². The predicted octanol–water partition coefficient (Wildman–Crippen LogP) is 2.46. The standard InChI is InChI=1S/C17H25ClN2O4S/c1-5-25(22,23)14-13(11-6-8-12(18)9-7-11)17(14,10-19)20-15(21)24-16(2,3)4/h6-9,13-14H,5,10,19H2,1-4H3,(H,20,21)/t13-,14+,17-/m1/s1. The fourth-order valence-electron chi connectivity index (χ4n) is 3.19. The van der Waals surface area contributed by atoms with Crippen LogP contribution in [-0.2, 0) is 14.6 Å². The maximum Gasteiger partial charge on any atom is 0.408 e. The van der Waals surface area contributed by atoms with Crippen molar-refractivity contribution in [3.05, 3.63) is 34.9 Å². The second-order valence-electron chi connectivity index (χ2n) is 7.27. The molecule has 1 amide bonds. The van der Waals surface area contributed by atoms with Crippen molar-refractivity contribution in [1.29, 1.82) is 0 Å². The molecule has 0 heterocycles. The average Bonchev–Trinajstić information content (AvgIpc) is 3.15. The number of amides is 1. The topological polar surface area (TPSA) is 98.5 Å². The third-order valence-electron chi connectivity index (χ3n) is 4.35. The van der Waals surface area contributed by atoms with E-state index in [1.807, 2.05) is 0 Å². The van der Waals surface area contributed by atoms with Crippen LogP contribution in [0.2, 0.25) is 5.02 Å². The third-order valence-corrected chi connectivity index (χ3v) is 6.87. The monoisotopic (exact) mass is 388 g/mol. The molecule has 1 aliphatic carbocycles. The summed E-state index contributed by atoms with van der Waals surface area (Å²) in [6, 6.07) is 6.91. The summed E-state index contributed by atoms with van der Waals surface area (Å²) in [5.74, 6) is -0.466. The molecular formula is C17H25ClN2O4S. The zero-order valence-corrected chi connectivity index (χ0v) is 16.4. The van der Waals surface area contributed by atoms with E-state index in [2.05, 4.69) is 5.32 Å². The highest BCUT2D eigenvalue weighted by Crippen LogP contribution is 2.55. The number of halogens is 1. The number of benzene rings is 1. The van der Waals surface area contributed by atoms with Gasteiger partial charge in [0.05, 0.1) is 10.8 Å². The number of rotatable bonds is 5. The lowest BCUT2D eigenvalue weighted by Crippen LogP contribution is -2.49. The van der Waals surface area contributed by atoms with Gasteiger partial charge < -0.3 is 15.8 Å². The predicted molar refractivity (Wildman–Crippen MR) is 98.6 cm³/mol. The number of ether oxygens (including phenoxy) is 1. The number of sulfone groups is 1. The second kappa shape index (κ2) is 6.78. The molecule has 0 saturated heterocycles. The third kappa shape index (κ3) is 4.10. The Bertz CT molecular complexity index is 743. The molecule has 0 spiro atoms. The van der Waals surface area contributed by atoms with E-state index in [1.165, 1.54) is 0 Å². The van der Waals surface area contributed by atoms with Crippen molar-refractivity contribution < 1.29 is 17.9 Å². The van der Waals surface area contributed by atoms with Gasteiger partial charge in [-0.15, -0.1) is 0 Å². The molecule has 3 N–H and O–H groups in total. The van der Waals surface area contributed by atoms with Gasteiger partial charge in [-0.1, -0.05) is 30.7 Å². The van der Waals surface area contributed by atoms with E-state index >= 15 is 0 Å². The molecule has 1 aromatic rings. The minimum Gasteiger partial charge on any atom is -0.444 e. The number of carbonyl (C=O) groups excluding carboxylic acids is 1. The summed E-state index contributed by atoms with van der Waals surface area (Å²) in [7, 11) is -3.42. The number of nitrogens with two attached hydrogens (primary N) is 1. The summed E-state index contributed by atoms with van der Waals surface area (Å²) in [5, 5.41) is 2.49. The van der Waals surface area contributed by atoms with E-state index in [-0.39, 0.29) is 12.3 Å². The zero-order valence-electron chi connectivity index (χ0n) is 14.9. The Morgan fingerprint density at radius 2 is 1.88 bits per heavy atom. The van der Waals surface area contributed by atoms with Crippen LogP contribution in [0.15, 0.2) is 24.3 Å². The lowest BCUT2D eigenvalue weighted by atomic mass is 10.1. The largest absolute Gasteiger partial charge is 0.444 e. The molecule has 140 valence electrons. The van der Waals surface area contributed by atoms with Gasteiger partial charge in [-0.25, -0.2) is 13.2 Å². The van der Waals surface area contributed by atoms with Crippen LogP contribution in [0, 0.1) is 0 Å². The molecule has 0 unspecified atom stereocenters. The summed E-state index contributed by atoms with van der Waals surface area (Å²) >= 11 is 5.92. The van der Waals surface area contributed by atoms with Gasteiger partial charge in [-0.05, 0) is 38.5 Å². The molecule has 2 rings (SSSR count). The van der Waals surface area contributed by atoms with Crippen LogP contribution in [0.25, 0.3) is 0 Å². The summed E-state index contributed by atoms with van der Waals surface area (Å²) in [6.07, 6.45) is -0.675. The Hall–Kier alpha value is -1.31. The zero-order chi connectivity index (χ0) is 19.0. The van der Waals surface area contributed by atoms with E-state index in [4.69, 9.17) is 22.1 Å². The highest BCUT2D eigenvalue weighted by atomic mass is 35.5. The molecule has 6 nitrogen and oxygen atoms in total. The lowest BCUT2D eigenvalue weighted by molar-refractivity contribution is 0.0497. The SMILES string of the molecule is CCS(=O)(=O)[C@H]1[C@@H](c2ccc(Cl)cc2)[C@@]1(CN)NC(=O)OC(C)(C)C. The molecule has 8 heteroatoms. The fraction of sp³-hybridized carbons (Fsp3) is 0.588. The molecule has 0 aromatic heterocycles. The lowest BCUT2D eigenvalue weighted by Gasteiger charge is -2.24. The molecule has 25 heavy (non-hydrogen) atoms. The first kappa shape index (κ1) is 20.0. The van der Waals surface area contributed by atoms with Crippen molar-refractivity contribution in [3.63, 3.8) is 0 Å². The first-order valence-electron chi connectivity index (χ1n) is 8.15. The Labute approximate surface area is 154 Å². The van der Waals surface area contributed by atoms with Gasteiger partial charge in [0.1, 0.15) is 5.60 Å². The molecule has 0 aliphatic heterocycles. The van der Waals surface area contributed by atoms with Crippen LogP contribution in [0.5, 0.6) is 0 Å². The second-order valence-corrected chi connectivity index (χ2v) is 10.1. The minimum atomic E-state index is -3.42. The van der Waals surface area contributed by atoms with E-state index in [0.717, 1.165) is 5.56 Å². The Balaban J connectivity index is 2.38. The minimum absolute atomic E-state index is 0.0105. The van der Waals surface area contributed by atoms with Crippen molar-refractivity contribution in [2.45, 2.75) is 50.0 Å². The number of alkyl carbamates (subject to hydrolysis) is 1. The van der Waals surface area contributed by atoms with Gasteiger partial charge >= 0.3 is 6.09 Å². The van der Waals surface area contributed by atoms with Crippen molar-refractivity contribution in [1.82, 2.24) is 5.32 Å². The van der Waals surface area contributed by atoms with Gasteiger partial charge in [0.25, 0.3) is 0 Å². The smallest absolute Gasteiger partial charge is 0.408 e. The van der Waals surface area contributed by atoms with Crippen molar-refractivity contribution >= 4 is 27.5 Å². The number of carbonyl (C=O) groups is 1. The van der Waals surface area contributed by atoms with Crippen LogP contribution in [0.4, 0.5) is 4.79 Å². The summed E-state index contributed by atoms with van der Waals surface area (Å²) < 4.78 is 30.5. The number of nitrogens with one attached hydrogen (secondary N) is 1. The highest BCUT2D eigenvalue weighted by Gasteiger charge is 2.71. The molecule has 1 saturated carbocycles. The molecule has 1 aliphatic rings. The average molecular weight is 389 g/mol. The van der Waals surface area contributed by atoms with Gasteiger partial charge in [-0.2, -0.15) is 0 Å². The van der Waals surface area contributed by atoms with E-state index in [9.17, 15) is 13.2 Å². The van der Waals surface area contributed by atoms with Crippen LogP contribution in [0.3, 0.4) is 0 Å². The Kier molecular flexibility index (Phi) is 5.42. The van der Waals surface area contributed by atoms with Crippen LogP contribution in [-0.4, -0.2) is 43.2 Å². The molecule has 1 aromatic carbocycles. The normalized spacial score (nSPS) is 26.2. The maximum absolute atomic E-state index is 12.6. The van der Waals surface area contributed by atoms with E-state index in [1.54, 1.807) is 52.0 Å². The van der Waals surface area contributed by atoms with Gasteiger partial charge in [0, 0.05) is 23.2 Å². The van der Waals surface area contributed by atoms with Gasteiger partial charge in [0.2, 0.25) is 0 Å². The Morgan fingerprint density at radius 1 is 1.32 bits per heavy atom. The quantitative estimate of drug-likeness (QED) is 0.807. The number of hydrogen-bond acceptors (Lipinski definition) is 5. The van der Waals surface area contributed by atoms with Crippen LogP contribution in [0.1, 0.15) is 39.2 Å². The summed E-state index contributed by atoms with van der Waals surface area (Å²) in [5.41, 5.74) is 4.92. The summed E-state index contributed by atoms with van der Waals surface area (Å²) in [4.78, 5) is 12.3. The van der Waals surface area contributed by atoms with Gasteiger partial charge in [-0.3, -0.25) is 0 Å². The fourth-order valence-corrected chi connectivity index (χ4v) is 5.35. The molecule has 1 fully saturated rings. The molecule has 0 radical (unpaired) electrons. The molecule has 0 bridgehead atoms. The van der Waals surface area contributed by atoms with Gasteiger partial charge in [0.15, 0.2) is 9.84 Å². The van der Waals surface area contributed by atoms with Crippen LogP contribution >= 0.6 is 11.6 Å². The first-order chi connectivity index (χ1) is 11.5. The Morgan fingerprint density at radius 3 is 2.32 bits per heavy atom. The maximum atomic E-state index is 12.6.